The van der Waals surface area contributed by atoms with Crippen LogP contribution in [0, 0.1) is 0 Å². The second-order valence-corrected chi connectivity index (χ2v) is 17.2. The standard InChI is InChI=1S/C63H96O6/c1-4-7-10-13-16-19-22-25-27-29-31-33-35-38-41-44-47-50-53-56-62(65)68-59-60(58-67-61(64)55-52-49-46-43-40-37-24-21-18-15-12-9-6-3)69-63(66)57-54-51-48-45-42-39-36-34-32-30-28-26-23-20-17-14-11-8-5-2/h7,9-10,12,15-21,23-27,31,33,37-38,40-41,43,46-47,50,60H,4-6,8,11,13-14,22,28-30,32,34-36,39,42,44-45,48-49,51-59H2,1-3H3/b10-7+,12-9+,18-15+,19-16+,20-17+,24-21+,26-23+,27-25+,33-31+,40-37+,41-38+,46-43+,50-47+. The molecule has 384 valence electrons. The van der Waals surface area contributed by atoms with Gasteiger partial charge in [0.25, 0.3) is 0 Å². The molecule has 0 aromatic carbocycles. The summed E-state index contributed by atoms with van der Waals surface area (Å²) < 4.78 is 16.7. The molecule has 0 spiro atoms. The van der Waals surface area contributed by atoms with Gasteiger partial charge >= 0.3 is 17.9 Å². The van der Waals surface area contributed by atoms with Crippen molar-refractivity contribution in [3.8, 4) is 0 Å². The molecule has 0 radical (unpaired) electrons. The quantitative estimate of drug-likeness (QED) is 0.0199. The summed E-state index contributed by atoms with van der Waals surface area (Å²) in [4.78, 5) is 38.0. The minimum atomic E-state index is -0.847. The number of carbonyl (C=O) groups excluding carboxylic acids is 3. The largest absolute Gasteiger partial charge is 0.462 e. The predicted molar refractivity (Wildman–Crippen MR) is 297 cm³/mol. The average molecular weight is 949 g/mol. The minimum Gasteiger partial charge on any atom is -0.462 e. The van der Waals surface area contributed by atoms with Crippen LogP contribution >= 0.6 is 0 Å². The number of hydrogen-bond donors (Lipinski definition) is 0. The van der Waals surface area contributed by atoms with Crippen molar-refractivity contribution in [2.24, 2.45) is 0 Å². The molecule has 0 fully saturated rings. The van der Waals surface area contributed by atoms with Gasteiger partial charge in [-0.2, -0.15) is 0 Å². The summed E-state index contributed by atoms with van der Waals surface area (Å²) in [5.74, 6) is -1.11. The van der Waals surface area contributed by atoms with Crippen molar-refractivity contribution >= 4 is 17.9 Å². The molecule has 0 heterocycles. The van der Waals surface area contributed by atoms with E-state index in [1.54, 1.807) is 0 Å². The molecule has 0 aliphatic carbocycles. The highest BCUT2D eigenvalue weighted by molar-refractivity contribution is 5.71. The molecule has 1 unspecified atom stereocenters. The van der Waals surface area contributed by atoms with Gasteiger partial charge in [0.2, 0.25) is 0 Å². The van der Waals surface area contributed by atoms with Crippen LogP contribution < -0.4 is 0 Å². The summed E-state index contributed by atoms with van der Waals surface area (Å²) in [5, 5.41) is 0. The third-order valence-electron chi connectivity index (χ3n) is 10.7. The molecule has 0 amide bonds. The fourth-order valence-electron chi connectivity index (χ4n) is 6.66. The molecule has 0 aromatic heterocycles. The fraction of sp³-hybridized carbons (Fsp3) is 0.540. The summed E-state index contributed by atoms with van der Waals surface area (Å²) in [6.45, 7) is 6.20. The van der Waals surface area contributed by atoms with Gasteiger partial charge < -0.3 is 14.2 Å². The SMILES string of the molecule is CC/C=C/C=C/C=C/C=C/C=C/CCCC(=O)OCC(COC(=O)CC/C=C/C/C=C/C/C=C/C/C=C/C/C=C/C/C=C/CC)OC(=O)CCCCCCCCCCCC/C=C/C=C/CCCCC. The maximum atomic E-state index is 12.8. The van der Waals surface area contributed by atoms with E-state index >= 15 is 0 Å². The van der Waals surface area contributed by atoms with Crippen molar-refractivity contribution in [2.45, 2.75) is 207 Å². The van der Waals surface area contributed by atoms with E-state index in [-0.39, 0.29) is 50.4 Å². The first-order valence-electron chi connectivity index (χ1n) is 27.1. The Morgan fingerprint density at radius 2 is 0.681 bits per heavy atom. The topological polar surface area (TPSA) is 78.9 Å². The lowest BCUT2D eigenvalue weighted by atomic mass is 10.1. The second-order valence-electron chi connectivity index (χ2n) is 17.2. The maximum Gasteiger partial charge on any atom is 0.306 e. The number of rotatable bonds is 46. The highest BCUT2D eigenvalue weighted by atomic mass is 16.6. The molecule has 6 heteroatoms. The monoisotopic (exact) mass is 949 g/mol. The van der Waals surface area contributed by atoms with Crippen molar-refractivity contribution < 1.29 is 28.6 Å². The first kappa shape index (κ1) is 64.0. The fourth-order valence-corrected chi connectivity index (χ4v) is 6.66. The molecule has 0 saturated carbocycles. The summed E-state index contributed by atoms with van der Waals surface area (Å²) in [6, 6.07) is 0. The lowest BCUT2D eigenvalue weighted by Crippen LogP contribution is -2.30. The Morgan fingerprint density at radius 3 is 1.17 bits per heavy atom. The Morgan fingerprint density at radius 1 is 0.319 bits per heavy atom. The van der Waals surface area contributed by atoms with Crippen LogP contribution in [0.3, 0.4) is 0 Å². The van der Waals surface area contributed by atoms with Crippen LogP contribution in [0.2, 0.25) is 0 Å². The van der Waals surface area contributed by atoms with Crippen molar-refractivity contribution in [2.75, 3.05) is 13.2 Å². The van der Waals surface area contributed by atoms with Crippen LogP contribution in [0.15, 0.2) is 158 Å². The van der Waals surface area contributed by atoms with E-state index in [1.807, 2.05) is 66.8 Å². The van der Waals surface area contributed by atoms with E-state index in [9.17, 15) is 14.4 Å². The number of carbonyl (C=O) groups is 3. The van der Waals surface area contributed by atoms with Crippen LogP contribution in [0.5, 0.6) is 0 Å². The van der Waals surface area contributed by atoms with Crippen molar-refractivity contribution in [3.05, 3.63) is 158 Å². The van der Waals surface area contributed by atoms with E-state index in [0.29, 0.717) is 12.8 Å². The number of allylic oxidation sites excluding steroid dienone is 26. The van der Waals surface area contributed by atoms with Gasteiger partial charge in [-0.15, -0.1) is 0 Å². The second kappa shape index (κ2) is 55.6. The number of ether oxygens (including phenoxy) is 3. The molecule has 69 heavy (non-hydrogen) atoms. The van der Waals surface area contributed by atoms with Crippen molar-refractivity contribution in [1.29, 1.82) is 0 Å². The van der Waals surface area contributed by atoms with Gasteiger partial charge in [0.15, 0.2) is 6.10 Å². The smallest absolute Gasteiger partial charge is 0.306 e. The minimum absolute atomic E-state index is 0.147. The number of esters is 3. The molecule has 0 aliphatic rings. The predicted octanol–water partition coefficient (Wildman–Crippen LogP) is 18.2. The molecule has 0 aliphatic heterocycles. The van der Waals surface area contributed by atoms with Crippen LogP contribution in [0.1, 0.15) is 201 Å². The Balaban J connectivity index is 4.60. The Hall–Kier alpha value is -4.97. The molecule has 0 saturated heterocycles. The van der Waals surface area contributed by atoms with Gasteiger partial charge in [-0.25, -0.2) is 0 Å². The molecule has 0 rings (SSSR count). The van der Waals surface area contributed by atoms with Crippen LogP contribution in [-0.2, 0) is 28.6 Å². The molecule has 6 nitrogen and oxygen atoms in total. The van der Waals surface area contributed by atoms with Gasteiger partial charge in [0, 0.05) is 19.3 Å². The summed E-state index contributed by atoms with van der Waals surface area (Å²) in [7, 11) is 0. The van der Waals surface area contributed by atoms with E-state index < -0.39 is 6.10 Å². The van der Waals surface area contributed by atoms with Crippen molar-refractivity contribution in [3.63, 3.8) is 0 Å². The molecule has 0 N–H and O–H groups in total. The summed E-state index contributed by atoms with van der Waals surface area (Å²) in [6.07, 6.45) is 81.1. The van der Waals surface area contributed by atoms with Gasteiger partial charge in [-0.05, 0) is 96.3 Å². The first-order chi connectivity index (χ1) is 34.0. The lowest BCUT2D eigenvalue weighted by molar-refractivity contribution is -0.166. The Kier molecular flexibility index (Phi) is 51.6. The van der Waals surface area contributed by atoms with Crippen LogP contribution in [-0.4, -0.2) is 37.2 Å². The third kappa shape index (κ3) is 53.8. The summed E-state index contributed by atoms with van der Waals surface area (Å²) >= 11 is 0. The molecule has 0 aromatic rings. The zero-order valence-corrected chi connectivity index (χ0v) is 43.8. The van der Waals surface area contributed by atoms with Gasteiger partial charge in [-0.1, -0.05) is 243 Å². The first-order valence-corrected chi connectivity index (χ1v) is 27.1. The Bertz CT molecular complexity index is 1610. The van der Waals surface area contributed by atoms with Crippen LogP contribution in [0.25, 0.3) is 0 Å². The zero-order valence-electron chi connectivity index (χ0n) is 43.8. The molecular weight excluding hydrogens is 853 g/mol. The molecular formula is C63H96O6. The molecule has 1 atom stereocenters. The third-order valence-corrected chi connectivity index (χ3v) is 10.7. The number of unbranched alkanes of at least 4 members (excludes halogenated alkanes) is 14. The highest BCUT2D eigenvalue weighted by Crippen LogP contribution is 2.14. The van der Waals surface area contributed by atoms with Crippen molar-refractivity contribution in [1.82, 2.24) is 0 Å². The normalized spacial score (nSPS) is 13.4. The van der Waals surface area contributed by atoms with Crippen LogP contribution in [0.4, 0.5) is 0 Å². The zero-order chi connectivity index (χ0) is 50.0. The lowest BCUT2D eigenvalue weighted by Gasteiger charge is -2.18. The van der Waals surface area contributed by atoms with E-state index in [0.717, 1.165) is 77.0 Å². The average Bonchev–Trinajstić information content (AvgIpc) is 3.35. The number of hydrogen-bond acceptors (Lipinski definition) is 6. The summed E-state index contributed by atoms with van der Waals surface area (Å²) in [5.41, 5.74) is 0. The molecule has 0 bridgehead atoms. The van der Waals surface area contributed by atoms with E-state index in [2.05, 4.69) is 112 Å². The Labute approximate surface area is 422 Å². The highest BCUT2D eigenvalue weighted by Gasteiger charge is 2.19. The van der Waals surface area contributed by atoms with Gasteiger partial charge in [0.05, 0.1) is 0 Å². The maximum absolute atomic E-state index is 12.8. The van der Waals surface area contributed by atoms with E-state index in [4.69, 9.17) is 14.2 Å². The van der Waals surface area contributed by atoms with Gasteiger partial charge in [0.1, 0.15) is 13.2 Å². The van der Waals surface area contributed by atoms with E-state index in [1.165, 1.54) is 70.6 Å². The van der Waals surface area contributed by atoms with Gasteiger partial charge in [-0.3, -0.25) is 14.4 Å².